The van der Waals surface area contributed by atoms with Gasteiger partial charge >= 0.3 is 17.8 Å². The number of rotatable bonds is 5. The van der Waals surface area contributed by atoms with Gasteiger partial charge in [-0.3, -0.25) is 9.36 Å². The van der Waals surface area contributed by atoms with E-state index in [2.05, 4.69) is 15.2 Å². The van der Waals surface area contributed by atoms with Gasteiger partial charge in [0.05, 0.1) is 21.6 Å². The number of benzene rings is 2. The monoisotopic (exact) mass is 512 g/mol. The lowest BCUT2D eigenvalue weighted by Crippen LogP contribution is -2.41. The second kappa shape index (κ2) is 11.4. The Kier molecular flexibility index (Phi) is 8.57. The van der Waals surface area contributed by atoms with Crippen molar-refractivity contribution >= 4 is 34.5 Å². The molecular weight excluding hydrogens is 489 g/mol. The van der Waals surface area contributed by atoms with Crippen molar-refractivity contribution in [2.45, 2.75) is 25.1 Å². The molecule has 2 heterocycles. The normalized spacial score (nSPS) is 14.9. The fourth-order valence-electron chi connectivity index (χ4n) is 3.91. The highest BCUT2D eigenvalue weighted by atomic mass is 35.5. The molecular formula is C23H24ClF3N4O4. The molecule has 3 N–H and O–H groups in total. The van der Waals surface area contributed by atoms with Crippen LogP contribution in [0.5, 0.6) is 0 Å². The van der Waals surface area contributed by atoms with Crippen LogP contribution in [0.2, 0.25) is 5.02 Å². The van der Waals surface area contributed by atoms with E-state index in [4.69, 9.17) is 21.5 Å². The maximum atomic E-state index is 12.4. The van der Waals surface area contributed by atoms with Gasteiger partial charge in [-0.15, -0.1) is 0 Å². The second-order valence-corrected chi connectivity index (χ2v) is 8.34. The number of H-pyrrole nitrogens is 1. The number of carbonyl (C=O) groups excluding carboxylic acids is 1. The van der Waals surface area contributed by atoms with Gasteiger partial charge in [0.15, 0.2) is 0 Å². The number of aromatic nitrogens is 2. The number of fused-ring (bicyclic) bond motifs is 1. The largest absolute Gasteiger partial charge is 0.490 e. The molecule has 1 aromatic heterocycles. The molecule has 0 bridgehead atoms. The number of piperidine rings is 1. The van der Waals surface area contributed by atoms with Gasteiger partial charge in [-0.05, 0) is 37.1 Å². The SMILES string of the molecule is O=C(NCCN1CCC(n2c(=O)[nH]c3ccccc32)CC1)c1ccccc1Cl.O=C(O)C(F)(F)F. The third-order valence-electron chi connectivity index (χ3n) is 5.62. The lowest BCUT2D eigenvalue weighted by molar-refractivity contribution is -0.192. The Morgan fingerprint density at radius 1 is 1.09 bits per heavy atom. The minimum atomic E-state index is -5.08. The van der Waals surface area contributed by atoms with Crippen molar-refractivity contribution < 1.29 is 27.9 Å². The molecule has 2 aromatic carbocycles. The molecule has 8 nitrogen and oxygen atoms in total. The van der Waals surface area contributed by atoms with Crippen molar-refractivity contribution in [2.24, 2.45) is 0 Å². The van der Waals surface area contributed by atoms with Gasteiger partial charge in [-0.1, -0.05) is 35.9 Å². The lowest BCUT2D eigenvalue weighted by atomic mass is 10.0. The quantitative estimate of drug-likeness (QED) is 0.483. The van der Waals surface area contributed by atoms with Gasteiger partial charge in [-0.25, -0.2) is 9.59 Å². The first-order valence-electron chi connectivity index (χ1n) is 10.8. The van der Waals surface area contributed by atoms with Crippen LogP contribution >= 0.6 is 11.6 Å². The molecule has 1 aliphatic rings. The van der Waals surface area contributed by atoms with Gasteiger partial charge in [0.1, 0.15) is 0 Å². The summed E-state index contributed by atoms with van der Waals surface area (Å²) < 4.78 is 33.6. The maximum absolute atomic E-state index is 12.4. The highest BCUT2D eigenvalue weighted by Crippen LogP contribution is 2.24. The van der Waals surface area contributed by atoms with Crippen LogP contribution in [0, 0.1) is 0 Å². The van der Waals surface area contributed by atoms with Crippen LogP contribution in [0.15, 0.2) is 53.3 Å². The van der Waals surface area contributed by atoms with E-state index in [1.54, 1.807) is 18.2 Å². The van der Waals surface area contributed by atoms with E-state index in [1.807, 2.05) is 34.9 Å². The Morgan fingerprint density at radius 2 is 1.69 bits per heavy atom. The first-order chi connectivity index (χ1) is 16.6. The molecule has 0 unspecified atom stereocenters. The minimum Gasteiger partial charge on any atom is -0.475 e. The number of hydrogen-bond acceptors (Lipinski definition) is 4. The maximum Gasteiger partial charge on any atom is 0.490 e. The van der Waals surface area contributed by atoms with Crippen LogP contribution in [0.4, 0.5) is 13.2 Å². The average Bonchev–Trinajstić information content (AvgIpc) is 3.15. The number of amides is 1. The summed E-state index contributed by atoms with van der Waals surface area (Å²) in [5, 5.41) is 10.5. The molecule has 1 saturated heterocycles. The Hall–Kier alpha value is -3.31. The summed E-state index contributed by atoms with van der Waals surface area (Å²) in [6.07, 6.45) is -3.25. The summed E-state index contributed by atoms with van der Waals surface area (Å²) in [5.41, 5.74) is 2.32. The van der Waals surface area contributed by atoms with Crippen molar-refractivity contribution in [1.82, 2.24) is 19.8 Å². The second-order valence-electron chi connectivity index (χ2n) is 7.93. The molecule has 1 fully saturated rings. The van der Waals surface area contributed by atoms with Gasteiger partial charge in [0.2, 0.25) is 0 Å². The average molecular weight is 513 g/mol. The van der Waals surface area contributed by atoms with Crippen molar-refractivity contribution in [3.8, 4) is 0 Å². The Balaban J connectivity index is 0.000000429. The number of imidazole rings is 1. The predicted molar refractivity (Wildman–Crippen MR) is 125 cm³/mol. The summed E-state index contributed by atoms with van der Waals surface area (Å²) in [6, 6.07) is 15.1. The number of halogens is 4. The molecule has 0 atom stereocenters. The smallest absolute Gasteiger partial charge is 0.475 e. The summed E-state index contributed by atoms with van der Waals surface area (Å²) in [6.45, 7) is 3.16. The number of hydrogen-bond donors (Lipinski definition) is 3. The molecule has 1 amide bonds. The first-order valence-corrected chi connectivity index (χ1v) is 11.2. The van der Waals surface area contributed by atoms with Crippen molar-refractivity contribution in [3.05, 3.63) is 69.6 Å². The van der Waals surface area contributed by atoms with Gasteiger partial charge in [-0.2, -0.15) is 13.2 Å². The van der Waals surface area contributed by atoms with E-state index >= 15 is 0 Å². The van der Waals surface area contributed by atoms with E-state index in [0.717, 1.165) is 43.5 Å². The topological polar surface area (TPSA) is 107 Å². The van der Waals surface area contributed by atoms with Crippen LogP contribution in [-0.2, 0) is 4.79 Å². The summed E-state index contributed by atoms with van der Waals surface area (Å²) in [5.74, 6) is -2.90. The van der Waals surface area contributed by atoms with Crippen LogP contribution in [-0.4, -0.2) is 63.8 Å². The van der Waals surface area contributed by atoms with Crippen molar-refractivity contribution in [3.63, 3.8) is 0 Å². The summed E-state index contributed by atoms with van der Waals surface area (Å²) in [7, 11) is 0. The number of alkyl halides is 3. The van der Waals surface area contributed by atoms with Gasteiger partial charge in [0, 0.05) is 32.2 Å². The number of nitrogens with one attached hydrogen (secondary N) is 2. The third-order valence-corrected chi connectivity index (χ3v) is 5.95. The number of carboxylic acid groups (broad SMARTS) is 1. The standard InChI is InChI=1S/C21H23ClN4O2.C2HF3O2/c22-17-6-2-1-5-16(17)20(27)23-11-14-25-12-9-15(10-13-25)26-19-8-4-3-7-18(19)24-21(26)28;3-2(4,5)1(6)7/h1-8,15H,9-14H2,(H,23,27)(H,24,28);(H,6,7). The number of aromatic amines is 1. The molecule has 4 rings (SSSR count). The fraction of sp³-hybridized carbons (Fsp3) is 0.348. The Bertz CT molecular complexity index is 1230. The molecule has 0 spiro atoms. The van der Waals surface area contributed by atoms with Crippen LogP contribution in [0.3, 0.4) is 0 Å². The third kappa shape index (κ3) is 6.86. The molecule has 35 heavy (non-hydrogen) atoms. The number of aliphatic carboxylic acids is 1. The lowest BCUT2D eigenvalue weighted by Gasteiger charge is -2.32. The van der Waals surface area contributed by atoms with Crippen molar-refractivity contribution in [2.75, 3.05) is 26.2 Å². The zero-order valence-corrected chi connectivity index (χ0v) is 19.3. The van der Waals surface area contributed by atoms with E-state index < -0.39 is 12.1 Å². The highest BCUT2D eigenvalue weighted by molar-refractivity contribution is 6.33. The van der Waals surface area contributed by atoms with Gasteiger partial charge in [0.25, 0.3) is 5.91 Å². The number of para-hydroxylation sites is 2. The summed E-state index contributed by atoms with van der Waals surface area (Å²) in [4.78, 5) is 38.7. The highest BCUT2D eigenvalue weighted by Gasteiger charge is 2.38. The van der Waals surface area contributed by atoms with Crippen molar-refractivity contribution in [1.29, 1.82) is 0 Å². The van der Waals surface area contributed by atoms with E-state index in [0.29, 0.717) is 17.1 Å². The predicted octanol–water partition coefficient (Wildman–Crippen LogP) is 3.68. The van der Waals surface area contributed by atoms with Gasteiger partial charge < -0.3 is 20.3 Å². The first kappa shape index (κ1) is 26.3. The van der Waals surface area contributed by atoms with E-state index in [1.165, 1.54) is 0 Å². The van der Waals surface area contributed by atoms with Crippen LogP contribution in [0.25, 0.3) is 11.0 Å². The fourth-order valence-corrected chi connectivity index (χ4v) is 4.13. The van der Waals surface area contributed by atoms with Crippen LogP contribution < -0.4 is 11.0 Å². The molecule has 3 aromatic rings. The van der Waals surface area contributed by atoms with E-state index in [9.17, 15) is 22.8 Å². The molecule has 0 saturated carbocycles. The molecule has 0 radical (unpaired) electrons. The summed E-state index contributed by atoms with van der Waals surface area (Å²) >= 11 is 6.06. The number of carbonyl (C=O) groups is 2. The Labute approximate surface area is 203 Å². The number of likely N-dealkylation sites (tertiary alicyclic amines) is 1. The van der Waals surface area contributed by atoms with E-state index in [-0.39, 0.29) is 17.6 Å². The molecule has 188 valence electrons. The molecule has 1 aliphatic heterocycles. The molecule has 0 aliphatic carbocycles. The zero-order chi connectivity index (χ0) is 25.6. The Morgan fingerprint density at radius 3 is 2.31 bits per heavy atom. The number of nitrogens with zero attached hydrogens (tertiary/aromatic N) is 2. The minimum absolute atomic E-state index is 0.0355. The molecule has 12 heteroatoms. The van der Waals surface area contributed by atoms with Crippen LogP contribution in [0.1, 0.15) is 29.2 Å². The zero-order valence-electron chi connectivity index (χ0n) is 18.5. The number of carboxylic acids is 1.